The lowest BCUT2D eigenvalue weighted by molar-refractivity contribution is 0.196. The Morgan fingerprint density at radius 3 is 2.89 bits per heavy atom. The number of nitrogens with zero attached hydrogens (tertiary/aromatic N) is 1. The summed E-state index contributed by atoms with van der Waals surface area (Å²) in [5.41, 5.74) is 1.44. The van der Waals surface area contributed by atoms with Crippen LogP contribution in [-0.2, 0) is 5.75 Å². The van der Waals surface area contributed by atoms with Crippen molar-refractivity contribution in [1.29, 1.82) is 5.26 Å². The zero-order chi connectivity index (χ0) is 13.0. The SMILES string of the molecule is C[C@@H](O)c1ccc(C#N)cc1SCc1ccco1. The zero-order valence-corrected chi connectivity index (χ0v) is 10.8. The summed E-state index contributed by atoms with van der Waals surface area (Å²) in [7, 11) is 0. The number of aliphatic hydroxyl groups is 1. The Morgan fingerprint density at radius 1 is 1.44 bits per heavy atom. The highest BCUT2D eigenvalue weighted by molar-refractivity contribution is 7.98. The first-order valence-corrected chi connectivity index (χ1v) is 6.56. The molecule has 4 heteroatoms. The number of hydrogen-bond donors (Lipinski definition) is 1. The van der Waals surface area contributed by atoms with Crippen molar-refractivity contribution >= 4 is 11.8 Å². The van der Waals surface area contributed by atoms with Crippen molar-refractivity contribution in [3.05, 3.63) is 53.5 Å². The van der Waals surface area contributed by atoms with Gasteiger partial charge in [0, 0.05) is 4.90 Å². The molecule has 0 unspecified atom stereocenters. The van der Waals surface area contributed by atoms with E-state index in [1.54, 1.807) is 43.1 Å². The summed E-state index contributed by atoms with van der Waals surface area (Å²) in [6.07, 6.45) is 1.09. The summed E-state index contributed by atoms with van der Waals surface area (Å²) < 4.78 is 5.26. The Bertz CT molecular complexity index is 556. The van der Waals surface area contributed by atoms with E-state index in [-0.39, 0.29) is 0 Å². The van der Waals surface area contributed by atoms with Crippen molar-refractivity contribution in [3.8, 4) is 6.07 Å². The average molecular weight is 259 g/mol. The lowest BCUT2D eigenvalue weighted by atomic mass is 10.1. The second kappa shape index (κ2) is 5.76. The van der Waals surface area contributed by atoms with Gasteiger partial charge in [0.2, 0.25) is 0 Å². The van der Waals surface area contributed by atoms with Crippen molar-refractivity contribution in [2.24, 2.45) is 0 Å². The van der Waals surface area contributed by atoms with E-state index in [9.17, 15) is 5.11 Å². The molecule has 0 aliphatic heterocycles. The highest BCUT2D eigenvalue weighted by atomic mass is 32.2. The third kappa shape index (κ3) is 2.95. The van der Waals surface area contributed by atoms with Crippen LogP contribution in [0.3, 0.4) is 0 Å². The molecular weight excluding hydrogens is 246 g/mol. The molecule has 1 aromatic carbocycles. The molecule has 3 nitrogen and oxygen atoms in total. The maximum atomic E-state index is 9.71. The maximum Gasteiger partial charge on any atom is 0.113 e. The quantitative estimate of drug-likeness (QED) is 0.854. The standard InChI is InChI=1S/C14H13NO2S/c1-10(16)13-5-4-11(8-15)7-14(13)18-9-12-3-2-6-17-12/h2-7,10,16H,9H2,1H3/t10-/m1/s1. The number of nitriles is 1. The Labute approximate surface area is 110 Å². The summed E-state index contributed by atoms with van der Waals surface area (Å²) in [5, 5.41) is 18.6. The third-order valence-electron chi connectivity index (χ3n) is 2.54. The minimum Gasteiger partial charge on any atom is -0.468 e. The lowest BCUT2D eigenvalue weighted by Crippen LogP contribution is -1.95. The van der Waals surface area contributed by atoms with Crippen LogP contribution >= 0.6 is 11.8 Å². The fourth-order valence-corrected chi connectivity index (χ4v) is 2.70. The zero-order valence-electron chi connectivity index (χ0n) is 9.96. The topological polar surface area (TPSA) is 57.2 Å². The predicted molar refractivity (Wildman–Crippen MR) is 70.1 cm³/mol. The van der Waals surface area contributed by atoms with Gasteiger partial charge in [0.05, 0.1) is 29.8 Å². The van der Waals surface area contributed by atoms with Gasteiger partial charge >= 0.3 is 0 Å². The van der Waals surface area contributed by atoms with Crippen molar-refractivity contribution in [2.75, 3.05) is 0 Å². The molecule has 0 aliphatic rings. The van der Waals surface area contributed by atoms with Gasteiger partial charge in [-0.05, 0) is 36.8 Å². The van der Waals surface area contributed by atoms with Gasteiger partial charge in [0.1, 0.15) is 5.76 Å². The minimum absolute atomic E-state index is 0.545. The molecule has 2 aromatic rings. The van der Waals surface area contributed by atoms with E-state index in [1.165, 1.54) is 0 Å². The minimum atomic E-state index is -0.545. The van der Waals surface area contributed by atoms with Crippen LogP contribution in [0.1, 0.15) is 29.9 Å². The molecule has 1 aromatic heterocycles. The normalized spacial score (nSPS) is 12.1. The smallest absolute Gasteiger partial charge is 0.113 e. The second-order valence-electron chi connectivity index (χ2n) is 3.91. The third-order valence-corrected chi connectivity index (χ3v) is 3.64. The van der Waals surface area contributed by atoms with Crippen LogP contribution in [0, 0.1) is 11.3 Å². The number of thioether (sulfide) groups is 1. The Kier molecular flexibility index (Phi) is 4.08. The molecule has 1 N–H and O–H groups in total. The lowest BCUT2D eigenvalue weighted by Gasteiger charge is -2.11. The molecule has 0 fully saturated rings. The highest BCUT2D eigenvalue weighted by Gasteiger charge is 2.10. The van der Waals surface area contributed by atoms with Crippen molar-refractivity contribution < 1.29 is 9.52 Å². The van der Waals surface area contributed by atoms with Gasteiger partial charge in [-0.3, -0.25) is 0 Å². The number of rotatable bonds is 4. The molecule has 0 saturated carbocycles. The van der Waals surface area contributed by atoms with Crippen molar-refractivity contribution in [3.63, 3.8) is 0 Å². The molecule has 18 heavy (non-hydrogen) atoms. The second-order valence-corrected chi connectivity index (χ2v) is 4.93. The molecule has 0 bridgehead atoms. The summed E-state index contributed by atoms with van der Waals surface area (Å²) in [6, 6.07) is 11.2. The van der Waals surface area contributed by atoms with Crippen LogP contribution < -0.4 is 0 Å². The van der Waals surface area contributed by atoms with Crippen LogP contribution in [0.4, 0.5) is 0 Å². The Morgan fingerprint density at radius 2 is 2.28 bits per heavy atom. The molecule has 0 amide bonds. The summed E-state index contributed by atoms with van der Waals surface area (Å²) >= 11 is 1.56. The van der Waals surface area contributed by atoms with Crippen LogP contribution in [-0.4, -0.2) is 5.11 Å². The van der Waals surface area contributed by atoms with E-state index in [1.807, 2.05) is 12.1 Å². The van der Waals surface area contributed by atoms with Gasteiger partial charge in [0.25, 0.3) is 0 Å². The van der Waals surface area contributed by atoms with E-state index in [0.717, 1.165) is 16.2 Å². The van der Waals surface area contributed by atoms with Gasteiger partial charge in [-0.1, -0.05) is 6.07 Å². The van der Waals surface area contributed by atoms with E-state index >= 15 is 0 Å². The fraction of sp³-hybridized carbons (Fsp3) is 0.214. The summed E-state index contributed by atoms with van der Waals surface area (Å²) in [6.45, 7) is 1.72. The molecule has 2 rings (SSSR count). The number of hydrogen-bond acceptors (Lipinski definition) is 4. The molecule has 92 valence electrons. The molecule has 1 heterocycles. The largest absolute Gasteiger partial charge is 0.468 e. The Balaban J connectivity index is 2.21. The first-order chi connectivity index (χ1) is 8.70. The van der Waals surface area contributed by atoms with E-state index < -0.39 is 6.10 Å². The fourth-order valence-electron chi connectivity index (χ4n) is 1.62. The maximum absolute atomic E-state index is 9.71. The van der Waals surface area contributed by atoms with Crippen molar-refractivity contribution in [1.82, 2.24) is 0 Å². The molecule has 0 radical (unpaired) electrons. The van der Waals surface area contributed by atoms with Crippen LogP contribution in [0.25, 0.3) is 0 Å². The molecule has 0 aliphatic carbocycles. The van der Waals surface area contributed by atoms with Gasteiger partial charge in [0.15, 0.2) is 0 Å². The van der Waals surface area contributed by atoms with Crippen LogP contribution in [0.2, 0.25) is 0 Å². The number of benzene rings is 1. The van der Waals surface area contributed by atoms with Gasteiger partial charge in [-0.2, -0.15) is 5.26 Å². The molecule has 0 spiro atoms. The molecule has 1 atom stereocenters. The van der Waals surface area contributed by atoms with E-state index in [4.69, 9.17) is 9.68 Å². The Hall–Kier alpha value is -1.70. The summed E-state index contributed by atoms with van der Waals surface area (Å²) in [5.74, 6) is 1.56. The molecular formula is C14H13NO2S. The van der Waals surface area contributed by atoms with Gasteiger partial charge in [-0.25, -0.2) is 0 Å². The molecule has 0 saturated heterocycles. The van der Waals surface area contributed by atoms with Crippen molar-refractivity contribution in [2.45, 2.75) is 23.7 Å². The first kappa shape index (κ1) is 12.7. The predicted octanol–water partition coefficient (Wildman–Crippen LogP) is 3.50. The van der Waals surface area contributed by atoms with E-state index in [2.05, 4.69) is 6.07 Å². The van der Waals surface area contributed by atoms with E-state index in [0.29, 0.717) is 11.3 Å². The summed E-state index contributed by atoms with van der Waals surface area (Å²) in [4.78, 5) is 0.917. The van der Waals surface area contributed by atoms with Crippen LogP contribution in [0.15, 0.2) is 45.9 Å². The first-order valence-electron chi connectivity index (χ1n) is 5.58. The van der Waals surface area contributed by atoms with Gasteiger partial charge in [-0.15, -0.1) is 11.8 Å². The number of aliphatic hydroxyl groups excluding tert-OH is 1. The van der Waals surface area contributed by atoms with Crippen LogP contribution in [0.5, 0.6) is 0 Å². The average Bonchev–Trinajstić information content (AvgIpc) is 2.88. The highest BCUT2D eigenvalue weighted by Crippen LogP contribution is 2.31. The monoisotopic (exact) mass is 259 g/mol. The van der Waals surface area contributed by atoms with Gasteiger partial charge < -0.3 is 9.52 Å². The number of furan rings is 1.